The van der Waals surface area contributed by atoms with Gasteiger partial charge in [-0.25, -0.2) is 8.78 Å². The summed E-state index contributed by atoms with van der Waals surface area (Å²) in [6, 6.07) is 3.10. The van der Waals surface area contributed by atoms with E-state index < -0.39 is 42.3 Å². The van der Waals surface area contributed by atoms with Crippen molar-refractivity contribution in [3.8, 4) is 11.8 Å². The number of nitriles is 1. The molecule has 21 heavy (non-hydrogen) atoms. The zero-order valence-corrected chi connectivity index (χ0v) is 10.9. The van der Waals surface area contributed by atoms with Gasteiger partial charge in [-0.3, -0.25) is 4.79 Å². The molecule has 1 rings (SSSR count). The Labute approximate surface area is 117 Å². The van der Waals surface area contributed by atoms with Crippen LogP contribution in [0.2, 0.25) is 0 Å². The maximum absolute atomic E-state index is 12.8. The van der Waals surface area contributed by atoms with E-state index in [0.29, 0.717) is 6.07 Å². The largest absolute Gasteiger partial charge is 0.466 e. The van der Waals surface area contributed by atoms with Gasteiger partial charge in [-0.2, -0.15) is 14.0 Å². The molecule has 0 fully saturated rings. The molecule has 8 heteroatoms. The number of carbonyl (C=O) groups is 1. The number of ether oxygens (including phenoxy) is 2. The van der Waals surface area contributed by atoms with E-state index in [9.17, 15) is 22.4 Å². The van der Waals surface area contributed by atoms with Crippen molar-refractivity contribution in [3.05, 3.63) is 28.8 Å². The number of hydrogen-bond acceptors (Lipinski definition) is 4. The number of halogens is 4. The van der Waals surface area contributed by atoms with Gasteiger partial charge in [0.05, 0.1) is 24.7 Å². The number of esters is 1. The molecule has 0 amide bonds. The summed E-state index contributed by atoms with van der Waals surface area (Å²) >= 11 is 0. The third-order valence-corrected chi connectivity index (χ3v) is 2.44. The first-order chi connectivity index (χ1) is 9.88. The highest BCUT2D eigenvalue weighted by molar-refractivity contribution is 5.74. The molecule has 0 saturated carbocycles. The third-order valence-electron chi connectivity index (χ3n) is 2.44. The molecule has 0 unspecified atom stereocenters. The fourth-order valence-electron chi connectivity index (χ4n) is 1.63. The van der Waals surface area contributed by atoms with Crippen molar-refractivity contribution < 1.29 is 31.8 Å². The van der Waals surface area contributed by atoms with Crippen molar-refractivity contribution >= 4 is 5.97 Å². The van der Waals surface area contributed by atoms with E-state index in [2.05, 4.69) is 9.47 Å². The number of alkyl halides is 4. The van der Waals surface area contributed by atoms with Crippen LogP contribution in [0.5, 0.6) is 5.75 Å². The van der Waals surface area contributed by atoms with Crippen LogP contribution in [-0.2, 0) is 16.0 Å². The number of rotatable bonds is 6. The standard InChI is InChI=1S/C13H11F4NO3/c1-2-20-11(19)4-7-3-8(6-18)9(12(14)15)5-10(7)21-13(16)17/h3,5,12-13H,2,4H2,1H3. The Morgan fingerprint density at radius 1 is 1.33 bits per heavy atom. The fraction of sp³-hybridized carbons (Fsp3) is 0.385. The van der Waals surface area contributed by atoms with Crippen LogP contribution < -0.4 is 4.74 Å². The minimum atomic E-state index is -3.25. The van der Waals surface area contributed by atoms with Crippen molar-refractivity contribution in [3.63, 3.8) is 0 Å². The van der Waals surface area contributed by atoms with E-state index in [1.165, 1.54) is 6.07 Å². The second-order valence-corrected chi connectivity index (χ2v) is 3.82. The van der Waals surface area contributed by atoms with E-state index in [4.69, 9.17) is 5.26 Å². The average Bonchev–Trinajstić information content (AvgIpc) is 2.39. The van der Waals surface area contributed by atoms with Crippen LogP contribution in [0.4, 0.5) is 17.6 Å². The van der Waals surface area contributed by atoms with E-state index in [1.807, 2.05) is 0 Å². The Hall–Kier alpha value is -2.30. The highest BCUT2D eigenvalue weighted by Crippen LogP contribution is 2.31. The summed E-state index contributed by atoms with van der Waals surface area (Å²) in [6.07, 6.45) is -3.50. The van der Waals surface area contributed by atoms with Crippen LogP contribution in [0.25, 0.3) is 0 Å². The zero-order chi connectivity index (χ0) is 16.0. The van der Waals surface area contributed by atoms with Gasteiger partial charge < -0.3 is 9.47 Å². The Kier molecular flexibility index (Phi) is 5.96. The molecule has 0 aliphatic heterocycles. The molecular weight excluding hydrogens is 294 g/mol. The van der Waals surface area contributed by atoms with Crippen molar-refractivity contribution in [1.29, 1.82) is 5.26 Å². The molecule has 0 bridgehead atoms. The second-order valence-electron chi connectivity index (χ2n) is 3.82. The Morgan fingerprint density at radius 3 is 2.48 bits per heavy atom. The van der Waals surface area contributed by atoms with Gasteiger partial charge in [0, 0.05) is 11.1 Å². The fourth-order valence-corrected chi connectivity index (χ4v) is 1.63. The quantitative estimate of drug-likeness (QED) is 0.598. The molecule has 0 spiro atoms. The summed E-state index contributed by atoms with van der Waals surface area (Å²) in [7, 11) is 0. The highest BCUT2D eigenvalue weighted by atomic mass is 19.3. The van der Waals surface area contributed by atoms with Gasteiger partial charge in [0.1, 0.15) is 5.75 Å². The van der Waals surface area contributed by atoms with Crippen LogP contribution in [-0.4, -0.2) is 19.2 Å². The normalized spacial score (nSPS) is 10.6. The van der Waals surface area contributed by atoms with E-state index in [0.717, 1.165) is 6.07 Å². The van der Waals surface area contributed by atoms with E-state index >= 15 is 0 Å². The smallest absolute Gasteiger partial charge is 0.387 e. The Balaban J connectivity index is 3.25. The van der Waals surface area contributed by atoms with Crippen LogP contribution in [0.1, 0.15) is 30.0 Å². The van der Waals surface area contributed by atoms with Gasteiger partial charge >= 0.3 is 12.6 Å². The van der Waals surface area contributed by atoms with Gasteiger partial charge in [-0.15, -0.1) is 0 Å². The zero-order valence-electron chi connectivity index (χ0n) is 10.9. The molecule has 0 heterocycles. The number of benzene rings is 1. The van der Waals surface area contributed by atoms with Crippen LogP contribution in [0.15, 0.2) is 12.1 Å². The lowest BCUT2D eigenvalue weighted by atomic mass is 10.0. The summed E-state index contributed by atoms with van der Waals surface area (Å²) in [5.41, 5.74) is -1.26. The summed E-state index contributed by atoms with van der Waals surface area (Å²) in [4.78, 5) is 11.4. The molecule has 1 aromatic rings. The van der Waals surface area contributed by atoms with Crippen LogP contribution >= 0.6 is 0 Å². The molecule has 114 valence electrons. The number of nitrogens with zero attached hydrogens (tertiary/aromatic N) is 1. The molecule has 0 aliphatic rings. The molecule has 4 nitrogen and oxygen atoms in total. The molecule has 0 N–H and O–H groups in total. The lowest BCUT2D eigenvalue weighted by molar-refractivity contribution is -0.142. The van der Waals surface area contributed by atoms with Crippen LogP contribution in [0, 0.1) is 11.3 Å². The molecule has 0 aromatic heterocycles. The molecule has 0 atom stereocenters. The summed E-state index contributed by atoms with van der Waals surface area (Å²) in [6.45, 7) is -1.62. The molecule has 1 aromatic carbocycles. The second kappa shape index (κ2) is 7.47. The molecular formula is C13H11F4NO3. The SMILES string of the molecule is CCOC(=O)Cc1cc(C#N)c(C(F)F)cc1OC(F)F. The van der Waals surface area contributed by atoms with Gasteiger partial charge in [0.2, 0.25) is 0 Å². The van der Waals surface area contributed by atoms with Crippen LogP contribution in [0.3, 0.4) is 0 Å². The number of carbonyl (C=O) groups excluding carboxylic acids is 1. The van der Waals surface area contributed by atoms with Gasteiger partial charge in [-0.1, -0.05) is 0 Å². The van der Waals surface area contributed by atoms with Gasteiger partial charge in [0.15, 0.2) is 0 Å². The van der Waals surface area contributed by atoms with E-state index in [1.54, 1.807) is 6.92 Å². The Morgan fingerprint density at radius 2 is 2.00 bits per heavy atom. The lowest BCUT2D eigenvalue weighted by Crippen LogP contribution is -2.12. The molecule has 0 saturated heterocycles. The summed E-state index contributed by atoms with van der Waals surface area (Å²) in [5, 5.41) is 8.81. The first kappa shape index (κ1) is 16.8. The van der Waals surface area contributed by atoms with E-state index in [-0.39, 0.29) is 12.2 Å². The summed E-state index contributed by atoms with van der Waals surface area (Å²) < 4.78 is 58.9. The number of hydrogen-bond donors (Lipinski definition) is 0. The first-order valence-corrected chi connectivity index (χ1v) is 5.84. The molecule has 0 radical (unpaired) electrons. The highest BCUT2D eigenvalue weighted by Gasteiger charge is 2.21. The minimum Gasteiger partial charge on any atom is -0.466 e. The van der Waals surface area contributed by atoms with Crippen molar-refractivity contribution in [2.24, 2.45) is 0 Å². The third kappa shape index (κ3) is 4.63. The maximum atomic E-state index is 12.8. The van der Waals surface area contributed by atoms with Crippen molar-refractivity contribution in [1.82, 2.24) is 0 Å². The predicted molar refractivity (Wildman–Crippen MR) is 63.1 cm³/mol. The van der Waals surface area contributed by atoms with Gasteiger partial charge in [-0.05, 0) is 19.1 Å². The maximum Gasteiger partial charge on any atom is 0.387 e. The molecule has 0 aliphatic carbocycles. The van der Waals surface area contributed by atoms with Crippen molar-refractivity contribution in [2.75, 3.05) is 6.61 Å². The average molecular weight is 305 g/mol. The first-order valence-electron chi connectivity index (χ1n) is 5.84. The monoisotopic (exact) mass is 305 g/mol. The lowest BCUT2D eigenvalue weighted by Gasteiger charge is -2.13. The topological polar surface area (TPSA) is 59.3 Å². The van der Waals surface area contributed by atoms with Gasteiger partial charge in [0.25, 0.3) is 6.43 Å². The predicted octanol–water partition coefficient (Wildman–Crippen LogP) is 3.20. The summed E-state index contributed by atoms with van der Waals surface area (Å²) in [5.74, 6) is -1.32. The Bertz CT molecular complexity index is 555. The van der Waals surface area contributed by atoms with Crippen molar-refractivity contribution in [2.45, 2.75) is 26.4 Å². The minimum absolute atomic E-state index is 0.0735.